The minimum absolute atomic E-state index is 0.133. The van der Waals surface area contributed by atoms with Gasteiger partial charge in [0, 0.05) is 6.42 Å². The lowest BCUT2D eigenvalue weighted by Crippen LogP contribution is -2.37. The van der Waals surface area contributed by atoms with Crippen molar-refractivity contribution in [3.05, 3.63) is 29.8 Å². The Kier molecular flexibility index (Phi) is 6.02. The average molecular weight is 281 g/mol. The van der Waals surface area contributed by atoms with Gasteiger partial charge >= 0.3 is 12.1 Å². The Labute approximate surface area is 115 Å². The molecular weight excluding hydrogens is 266 g/mol. The number of benzene rings is 1. The first kappa shape index (κ1) is 15.5. The van der Waals surface area contributed by atoms with E-state index in [1.165, 1.54) is 12.1 Å². The van der Waals surface area contributed by atoms with E-state index in [1.807, 2.05) is 0 Å². The lowest BCUT2D eigenvalue weighted by atomic mass is 10.1. The number of carbonyl (C=O) groups excluding carboxylic acids is 2. The molecule has 0 fully saturated rings. The van der Waals surface area contributed by atoms with Crippen LogP contribution in [0.5, 0.6) is 5.75 Å². The van der Waals surface area contributed by atoms with Gasteiger partial charge in [0.15, 0.2) is 0 Å². The SMILES string of the molecule is CCOC(=O)Oc1ccc(C[C@H](NC=O)C(=O)O)cc1. The second kappa shape index (κ2) is 7.78. The molecule has 7 nitrogen and oxygen atoms in total. The van der Waals surface area contributed by atoms with E-state index in [1.54, 1.807) is 19.1 Å². The number of carboxylic acids is 1. The molecule has 7 heteroatoms. The van der Waals surface area contributed by atoms with Gasteiger partial charge in [0.1, 0.15) is 11.8 Å². The molecule has 0 aliphatic carbocycles. The largest absolute Gasteiger partial charge is 0.513 e. The molecule has 2 N–H and O–H groups in total. The van der Waals surface area contributed by atoms with Gasteiger partial charge in [-0.15, -0.1) is 0 Å². The Morgan fingerprint density at radius 2 is 2.00 bits per heavy atom. The highest BCUT2D eigenvalue weighted by Crippen LogP contribution is 2.14. The number of amides is 1. The molecule has 0 bridgehead atoms. The van der Waals surface area contributed by atoms with Crippen molar-refractivity contribution in [2.45, 2.75) is 19.4 Å². The number of rotatable bonds is 7. The molecule has 1 aromatic carbocycles. The summed E-state index contributed by atoms with van der Waals surface area (Å²) in [5, 5.41) is 11.1. The van der Waals surface area contributed by atoms with Crippen molar-refractivity contribution < 1.29 is 29.0 Å². The predicted octanol–water partition coefficient (Wildman–Crippen LogP) is 0.964. The van der Waals surface area contributed by atoms with Crippen LogP contribution in [-0.4, -0.2) is 36.3 Å². The van der Waals surface area contributed by atoms with Gasteiger partial charge < -0.3 is 19.9 Å². The fourth-order valence-electron chi connectivity index (χ4n) is 1.47. The van der Waals surface area contributed by atoms with Crippen LogP contribution in [0.15, 0.2) is 24.3 Å². The van der Waals surface area contributed by atoms with Gasteiger partial charge in [-0.1, -0.05) is 12.1 Å². The van der Waals surface area contributed by atoms with E-state index in [2.05, 4.69) is 10.1 Å². The first-order chi connectivity index (χ1) is 9.56. The van der Waals surface area contributed by atoms with Crippen LogP contribution in [0.1, 0.15) is 12.5 Å². The molecule has 0 heterocycles. The van der Waals surface area contributed by atoms with Gasteiger partial charge in [0.25, 0.3) is 0 Å². The topological polar surface area (TPSA) is 102 Å². The summed E-state index contributed by atoms with van der Waals surface area (Å²) in [7, 11) is 0. The second-order valence-electron chi connectivity index (χ2n) is 3.81. The number of ether oxygens (including phenoxy) is 2. The summed E-state index contributed by atoms with van der Waals surface area (Å²) < 4.78 is 9.48. The van der Waals surface area contributed by atoms with Crippen LogP contribution in [-0.2, 0) is 20.7 Å². The molecule has 0 saturated heterocycles. The molecule has 0 spiro atoms. The summed E-state index contributed by atoms with van der Waals surface area (Å²) in [4.78, 5) is 32.3. The van der Waals surface area contributed by atoms with Crippen molar-refractivity contribution in [3.8, 4) is 5.75 Å². The summed E-state index contributed by atoms with van der Waals surface area (Å²) in [5.74, 6) is -0.827. The van der Waals surface area contributed by atoms with Crippen molar-refractivity contribution in [1.82, 2.24) is 5.32 Å². The third-order valence-corrected chi connectivity index (χ3v) is 2.39. The fourth-order valence-corrected chi connectivity index (χ4v) is 1.47. The Morgan fingerprint density at radius 1 is 1.35 bits per heavy atom. The highest BCUT2D eigenvalue weighted by molar-refractivity contribution is 5.76. The summed E-state index contributed by atoms with van der Waals surface area (Å²) in [6.07, 6.45) is -0.323. The van der Waals surface area contributed by atoms with Gasteiger partial charge in [-0.2, -0.15) is 0 Å². The van der Waals surface area contributed by atoms with Crippen LogP contribution in [0.4, 0.5) is 4.79 Å². The molecule has 1 amide bonds. The van der Waals surface area contributed by atoms with Gasteiger partial charge in [-0.05, 0) is 24.6 Å². The quantitative estimate of drug-likeness (QED) is 0.438. The molecule has 0 aliphatic heterocycles. The van der Waals surface area contributed by atoms with E-state index in [0.717, 1.165) is 0 Å². The van der Waals surface area contributed by atoms with E-state index in [-0.39, 0.29) is 13.0 Å². The Balaban J connectivity index is 2.63. The van der Waals surface area contributed by atoms with Crippen molar-refractivity contribution in [1.29, 1.82) is 0 Å². The summed E-state index contributed by atoms with van der Waals surface area (Å²) in [5.41, 5.74) is 0.683. The maximum absolute atomic E-state index is 11.1. The summed E-state index contributed by atoms with van der Waals surface area (Å²) >= 11 is 0. The number of hydrogen-bond donors (Lipinski definition) is 2. The Hall–Kier alpha value is -2.57. The molecule has 0 aromatic heterocycles. The third kappa shape index (κ3) is 4.97. The molecular formula is C13H15NO6. The summed E-state index contributed by atoms with van der Waals surface area (Å²) in [6.45, 7) is 1.88. The van der Waals surface area contributed by atoms with E-state index < -0.39 is 18.2 Å². The Morgan fingerprint density at radius 3 is 2.50 bits per heavy atom. The molecule has 0 unspecified atom stereocenters. The van der Waals surface area contributed by atoms with Crippen LogP contribution in [0.2, 0.25) is 0 Å². The maximum atomic E-state index is 11.1. The summed E-state index contributed by atoms with van der Waals surface area (Å²) in [6, 6.07) is 5.26. The minimum atomic E-state index is -1.12. The van der Waals surface area contributed by atoms with E-state index in [0.29, 0.717) is 17.7 Å². The number of carbonyl (C=O) groups is 3. The molecule has 1 rings (SSSR count). The van der Waals surface area contributed by atoms with Gasteiger partial charge in [0.2, 0.25) is 6.41 Å². The lowest BCUT2D eigenvalue weighted by Gasteiger charge is -2.11. The highest BCUT2D eigenvalue weighted by Gasteiger charge is 2.16. The van der Waals surface area contributed by atoms with Crippen molar-refractivity contribution >= 4 is 18.5 Å². The normalized spacial score (nSPS) is 11.2. The van der Waals surface area contributed by atoms with Crippen LogP contribution in [0, 0.1) is 0 Å². The van der Waals surface area contributed by atoms with Crippen LogP contribution in [0.25, 0.3) is 0 Å². The van der Waals surface area contributed by atoms with Gasteiger partial charge in [0.05, 0.1) is 6.61 Å². The van der Waals surface area contributed by atoms with E-state index in [4.69, 9.17) is 9.84 Å². The molecule has 0 radical (unpaired) electrons. The molecule has 1 aromatic rings. The van der Waals surface area contributed by atoms with Crippen molar-refractivity contribution in [2.75, 3.05) is 6.61 Å². The first-order valence-electron chi connectivity index (χ1n) is 5.92. The molecule has 0 aliphatic rings. The molecule has 0 saturated carbocycles. The van der Waals surface area contributed by atoms with Gasteiger partial charge in [-0.3, -0.25) is 4.79 Å². The van der Waals surface area contributed by atoms with E-state index >= 15 is 0 Å². The van der Waals surface area contributed by atoms with Crippen LogP contribution >= 0.6 is 0 Å². The zero-order chi connectivity index (χ0) is 15.0. The highest BCUT2D eigenvalue weighted by atomic mass is 16.7. The first-order valence-corrected chi connectivity index (χ1v) is 5.92. The number of nitrogens with one attached hydrogen (secondary N) is 1. The third-order valence-electron chi connectivity index (χ3n) is 2.39. The monoisotopic (exact) mass is 281 g/mol. The number of aliphatic carboxylic acids is 1. The Bertz CT molecular complexity index is 470. The smallest absolute Gasteiger partial charge is 0.480 e. The van der Waals surface area contributed by atoms with E-state index in [9.17, 15) is 14.4 Å². The van der Waals surface area contributed by atoms with Crippen LogP contribution in [0.3, 0.4) is 0 Å². The molecule has 20 heavy (non-hydrogen) atoms. The molecule has 108 valence electrons. The number of carboxylic acid groups (broad SMARTS) is 1. The lowest BCUT2D eigenvalue weighted by molar-refractivity contribution is -0.140. The van der Waals surface area contributed by atoms with Crippen molar-refractivity contribution in [3.63, 3.8) is 0 Å². The molecule has 1 atom stereocenters. The number of hydrogen-bond acceptors (Lipinski definition) is 5. The zero-order valence-electron chi connectivity index (χ0n) is 10.9. The van der Waals surface area contributed by atoms with Gasteiger partial charge in [-0.25, -0.2) is 9.59 Å². The average Bonchev–Trinajstić information content (AvgIpc) is 2.40. The standard InChI is InChI=1S/C13H15NO6/c1-2-19-13(18)20-10-5-3-9(4-6-10)7-11(12(16)17)14-8-15/h3-6,8,11H,2,7H2,1H3,(H,14,15)(H,16,17)/t11-/m0/s1. The van der Waals surface area contributed by atoms with Crippen molar-refractivity contribution in [2.24, 2.45) is 0 Å². The maximum Gasteiger partial charge on any atom is 0.513 e. The minimum Gasteiger partial charge on any atom is -0.480 e. The zero-order valence-corrected chi connectivity index (χ0v) is 10.9. The predicted molar refractivity (Wildman–Crippen MR) is 68.4 cm³/mol. The second-order valence-corrected chi connectivity index (χ2v) is 3.81. The van der Waals surface area contributed by atoms with Crippen LogP contribution < -0.4 is 10.1 Å². The fraction of sp³-hybridized carbons (Fsp3) is 0.308.